The Kier molecular flexibility index (Phi) is 10.4. The number of rotatable bonds is 12. The third-order valence-corrected chi connectivity index (χ3v) is 4.90. The third-order valence-electron chi connectivity index (χ3n) is 4.90. The standard InChI is InChI=1S/C18H36FN/c1-3-5-7-9-11-13-16(12-10-8-6-4-2)17-14-20-15-18(17)19/h16-18,20H,3-15H2,1-2H3/t16?,17-,18+/m0/s1. The van der Waals surface area contributed by atoms with Crippen molar-refractivity contribution in [2.24, 2.45) is 11.8 Å². The molecule has 0 amide bonds. The summed E-state index contributed by atoms with van der Waals surface area (Å²) in [6, 6.07) is 0. The van der Waals surface area contributed by atoms with Gasteiger partial charge in [-0.15, -0.1) is 0 Å². The van der Waals surface area contributed by atoms with Crippen LogP contribution < -0.4 is 5.32 Å². The highest BCUT2D eigenvalue weighted by molar-refractivity contribution is 4.86. The van der Waals surface area contributed by atoms with Gasteiger partial charge in [-0.1, -0.05) is 84.5 Å². The van der Waals surface area contributed by atoms with Crippen LogP contribution >= 0.6 is 0 Å². The van der Waals surface area contributed by atoms with Crippen LogP contribution in [0.2, 0.25) is 0 Å². The van der Waals surface area contributed by atoms with E-state index >= 15 is 0 Å². The molecule has 1 unspecified atom stereocenters. The lowest BCUT2D eigenvalue weighted by molar-refractivity contribution is 0.190. The maximum absolute atomic E-state index is 14.0. The van der Waals surface area contributed by atoms with E-state index in [1.807, 2.05) is 0 Å². The fraction of sp³-hybridized carbons (Fsp3) is 1.00. The quantitative estimate of drug-likeness (QED) is 0.467. The molecule has 3 atom stereocenters. The van der Waals surface area contributed by atoms with Crippen LogP contribution in [0.3, 0.4) is 0 Å². The van der Waals surface area contributed by atoms with Crippen LogP contribution in [0.15, 0.2) is 0 Å². The van der Waals surface area contributed by atoms with Crippen molar-refractivity contribution in [3.05, 3.63) is 0 Å². The van der Waals surface area contributed by atoms with Crippen molar-refractivity contribution in [3.8, 4) is 0 Å². The lowest BCUT2D eigenvalue weighted by Gasteiger charge is -2.24. The number of nitrogens with one attached hydrogen (secondary N) is 1. The molecule has 1 rings (SSSR count). The first-order valence-corrected chi connectivity index (χ1v) is 9.14. The van der Waals surface area contributed by atoms with E-state index in [4.69, 9.17) is 0 Å². The number of hydrogen-bond acceptors (Lipinski definition) is 1. The van der Waals surface area contributed by atoms with E-state index in [1.165, 1.54) is 70.6 Å². The van der Waals surface area contributed by atoms with Gasteiger partial charge in [0, 0.05) is 19.0 Å². The van der Waals surface area contributed by atoms with Gasteiger partial charge in [0.2, 0.25) is 0 Å². The van der Waals surface area contributed by atoms with Gasteiger partial charge < -0.3 is 5.32 Å². The Bertz CT molecular complexity index is 219. The number of alkyl halides is 1. The molecule has 0 aromatic rings. The monoisotopic (exact) mass is 285 g/mol. The Morgan fingerprint density at radius 3 is 1.90 bits per heavy atom. The summed E-state index contributed by atoms with van der Waals surface area (Å²) in [6.07, 6.45) is 13.8. The van der Waals surface area contributed by atoms with E-state index in [9.17, 15) is 4.39 Å². The first kappa shape index (κ1) is 17.9. The summed E-state index contributed by atoms with van der Waals surface area (Å²) in [5, 5.41) is 3.24. The summed E-state index contributed by atoms with van der Waals surface area (Å²) in [6.45, 7) is 6.01. The largest absolute Gasteiger partial charge is 0.313 e. The Morgan fingerprint density at radius 1 is 0.850 bits per heavy atom. The molecule has 1 heterocycles. The van der Waals surface area contributed by atoms with Crippen LogP contribution in [0.5, 0.6) is 0 Å². The number of hydrogen-bond donors (Lipinski definition) is 1. The van der Waals surface area contributed by atoms with Gasteiger partial charge in [-0.2, -0.15) is 0 Å². The van der Waals surface area contributed by atoms with Gasteiger partial charge in [0.1, 0.15) is 6.17 Å². The zero-order valence-corrected chi connectivity index (χ0v) is 13.8. The molecule has 20 heavy (non-hydrogen) atoms. The first-order valence-electron chi connectivity index (χ1n) is 9.14. The second-order valence-electron chi connectivity index (χ2n) is 6.65. The predicted octanol–water partition coefficient (Wildman–Crippen LogP) is 5.49. The molecule has 0 aromatic heterocycles. The first-order chi connectivity index (χ1) is 9.79. The molecule has 0 saturated carbocycles. The van der Waals surface area contributed by atoms with Crippen molar-refractivity contribution in [2.75, 3.05) is 13.1 Å². The molecule has 1 aliphatic heterocycles. The van der Waals surface area contributed by atoms with Gasteiger partial charge in [0.25, 0.3) is 0 Å². The number of unbranched alkanes of at least 4 members (excludes halogenated alkanes) is 7. The van der Waals surface area contributed by atoms with Crippen molar-refractivity contribution in [1.82, 2.24) is 5.32 Å². The maximum Gasteiger partial charge on any atom is 0.117 e. The van der Waals surface area contributed by atoms with Crippen molar-refractivity contribution >= 4 is 0 Å². The second-order valence-corrected chi connectivity index (χ2v) is 6.65. The Morgan fingerprint density at radius 2 is 1.40 bits per heavy atom. The van der Waals surface area contributed by atoms with Gasteiger partial charge in [-0.25, -0.2) is 4.39 Å². The third kappa shape index (κ3) is 7.06. The van der Waals surface area contributed by atoms with Crippen LogP contribution in [-0.4, -0.2) is 19.3 Å². The molecule has 1 N–H and O–H groups in total. The minimum Gasteiger partial charge on any atom is -0.313 e. The van der Waals surface area contributed by atoms with Gasteiger partial charge in [-0.3, -0.25) is 0 Å². The molecule has 1 aliphatic rings. The fourth-order valence-corrected chi connectivity index (χ4v) is 3.54. The molecule has 120 valence electrons. The highest BCUT2D eigenvalue weighted by Gasteiger charge is 2.32. The Labute approximate surface area is 126 Å². The summed E-state index contributed by atoms with van der Waals surface area (Å²) < 4.78 is 14.0. The predicted molar refractivity (Wildman–Crippen MR) is 86.9 cm³/mol. The summed E-state index contributed by atoms with van der Waals surface area (Å²) >= 11 is 0. The lowest BCUT2D eigenvalue weighted by atomic mass is 9.82. The normalized spacial score (nSPS) is 24.1. The number of halogens is 1. The minimum absolute atomic E-state index is 0.294. The Balaban J connectivity index is 2.26. The van der Waals surface area contributed by atoms with Crippen molar-refractivity contribution in [2.45, 2.75) is 90.6 Å². The molecule has 1 nitrogen and oxygen atoms in total. The molecular weight excluding hydrogens is 249 g/mol. The summed E-state index contributed by atoms with van der Waals surface area (Å²) in [5.74, 6) is 0.918. The molecule has 1 fully saturated rings. The van der Waals surface area contributed by atoms with Crippen molar-refractivity contribution in [3.63, 3.8) is 0 Å². The van der Waals surface area contributed by atoms with Gasteiger partial charge in [0.05, 0.1) is 0 Å². The molecule has 0 aliphatic carbocycles. The van der Waals surface area contributed by atoms with Gasteiger partial charge in [0.15, 0.2) is 0 Å². The molecule has 2 heteroatoms. The fourth-order valence-electron chi connectivity index (χ4n) is 3.54. The van der Waals surface area contributed by atoms with Gasteiger partial charge >= 0.3 is 0 Å². The van der Waals surface area contributed by atoms with Crippen LogP contribution in [0, 0.1) is 11.8 Å². The Hall–Kier alpha value is -0.110. The van der Waals surface area contributed by atoms with E-state index < -0.39 is 6.17 Å². The van der Waals surface area contributed by atoms with E-state index in [2.05, 4.69) is 19.2 Å². The molecule has 0 spiro atoms. The average molecular weight is 285 g/mol. The van der Waals surface area contributed by atoms with Gasteiger partial charge in [-0.05, 0) is 5.92 Å². The SMILES string of the molecule is CCCCCCCC(CCCCCC)[C@@H]1CNC[C@H]1F. The van der Waals surface area contributed by atoms with Crippen molar-refractivity contribution < 1.29 is 4.39 Å². The molecular formula is C18H36FN. The molecule has 0 bridgehead atoms. The minimum atomic E-state index is -0.596. The average Bonchev–Trinajstić information content (AvgIpc) is 2.87. The summed E-state index contributed by atoms with van der Waals surface area (Å²) in [5.41, 5.74) is 0. The van der Waals surface area contributed by atoms with E-state index in [0.29, 0.717) is 18.4 Å². The molecule has 0 aromatic carbocycles. The van der Waals surface area contributed by atoms with Crippen molar-refractivity contribution in [1.29, 1.82) is 0 Å². The second kappa shape index (κ2) is 11.5. The van der Waals surface area contributed by atoms with Crippen LogP contribution in [0.1, 0.15) is 84.5 Å². The van der Waals surface area contributed by atoms with Crippen LogP contribution in [0.4, 0.5) is 4.39 Å². The zero-order valence-electron chi connectivity index (χ0n) is 13.8. The molecule has 1 saturated heterocycles. The molecule has 0 radical (unpaired) electrons. The highest BCUT2D eigenvalue weighted by Crippen LogP contribution is 2.31. The van der Waals surface area contributed by atoms with E-state index in [1.54, 1.807) is 0 Å². The topological polar surface area (TPSA) is 12.0 Å². The van der Waals surface area contributed by atoms with Crippen LogP contribution in [-0.2, 0) is 0 Å². The summed E-state index contributed by atoms with van der Waals surface area (Å²) in [7, 11) is 0. The lowest BCUT2D eigenvalue weighted by Crippen LogP contribution is -2.24. The summed E-state index contributed by atoms with van der Waals surface area (Å²) in [4.78, 5) is 0. The van der Waals surface area contributed by atoms with E-state index in [-0.39, 0.29) is 0 Å². The maximum atomic E-state index is 14.0. The smallest absolute Gasteiger partial charge is 0.117 e. The zero-order chi connectivity index (χ0) is 14.6. The van der Waals surface area contributed by atoms with Crippen LogP contribution in [0.25, 0.3) is 0 Å². The van der Waals surface area contributed by atoms with E-state index in [0.717, 1.165) is 6.54 Å². The highest BCUT2D eigenvalue weighted by atomic mass is 19.1.